The first-order valence-corrected chi connectivity index (χ1v) is 7.58. The first kappa shape index (κ1) is 17.2. The minimum Gasteiger partial charge on any atom is -0.352 e. The van der Waals surface area contributed by atoms with E-state index in [1.54, 1.807) is 12.1 Å². The van der Waals surface area contributed by atoms with Gasteiger partial charge in [-0.3, -0.25) is 9.59 Å². The van der Waals surface area contributed by atoms with Gasteiger partial charge in [0.2, 0.25) is 5.91 Å². The minimum atomic E-state index is -0.0558. The van der Waals surface area contributed by atoms with E-state index in [1.807, 2.05) is 39.8 Å². The zero-order chi connectivity index (χ0) is 15.8. The summed E-state index contributed by atoms with van der Waals surface area (Å²) in [4.78, 5) is 23.5. The highest BCUT2D eigenvalue weighted by Gasteiger charge is 2.08. The maximum atomic E-state index is 11.9. The number of amides is 2. The Kier molecular flexibility index (Phi) is 6.92. The van der Waals surface area contributed by atoms with Crippen molar-refractivity contribution in [1.82, 2.24) is 10.6 Å². The Bertz CT molecular complexity index is 466. The van der Waals surface area contributed by atoms with Crippen LogP contribution in [0.15, 0.2) is 24.3 Å². The van der Waals surface area contributed by atoms with Crippen molar-refractivity contribution < 1.29 is 9.59 Å². The molecule has 1 rings (SSSR count). The lowest BCUT2D eigenvalue weighted by atomic mass is 10.1. The highest BCUT2D eigenvalue weighted by atomic mass is 16.2. The molecule has 0 saturated heterocycles. The lowest BCUT2D eigenvalue weighted by molar-refractivity contribution is -0.121. The van der Waals surface area contributed by atoms with Crippen LogP contribution in [0.1, 0.15) is 56.5 Å². The van der Waals surface area contributed by atoms with Crippen LogP contribution in [-0.4, -0.2) is 17.9 Å². The molecule has 1 aromatic carbocycles. The van der Waals surface area contributed by atoms with Gasteiger partial charge in [0.05, 0.1) is 0 Å². The van der Waals surface area contributed by atoms with Crippen LogP contribution in [-0.2, 0) is 11.3 Å². The third-order valence-corrected chi connectivity index (χ3v) is 3.29. The Morgan fingerprint density at radius 2 is 1.71 bits per heavy atom. The number of carbonyl (C=O) groups excluding carboxylic acids is 2. The maximum Gasteiger partial charge on any atom is 0.251 e. The quantitative estimate of drug-likeness (QED) is 0.811. The third kappa shape index (κ3) is 6.43. The van der Waals surface area contributed by atoms with Crippen LogP contribution in [0.3, 0.4) is 0 Å². The lowest BCUT2D eigenvalue weighted by Gasteiger charge is -2.12. The second kappa shape index (κ2) is 8.45. The highest BCUT2D eigenvalue weighted by molar-refractivity contribution is 5.94. The molecule has 116 valence electrons. The van der Waals surface area contributed by atoms with Crippen molar-refractivity contribution in [2.24, 2.45) is 5.92 Å². The molecule has 0 fully saturated rings. The molecule has 2 amide bonds. The van der Waals surface area contributed by atoms with Crippen molar-refractivity contribution in [3.8, 4) is 0 Å². The molecule has 0 heterocycles. The summed E-state index contributed by atoms with van der Waals surface area (Å²) in [5.41, 5.74) is 1.64. The molecule has 1 atom stereocenters. The fourth-order valence-corrected chi connectivity index (χ4v) is 1.83. The fourth-order valence-electron chi connectivity index (χ4n) is 1.83. The average molecular weight is 290 g/mol. The van der Waals surface area contributed by atoms with Gasteiger partial charge in [0.25, 0.3) is 5.91 Å². The van der Waals surface area contributed by atoms with Gasteiger partial charge in [0, 0.05) is 24.6 Å². The maximum absolute atomic E-state index is 11.9. The van der Waals surface area contributed by atoms with E-state index in [0.717, 1.165) is 12.0 Å². The minimum absolute atomic E-state index is 0.0558. The van der Waals surface area contributed by atoms with Crippen molar-refractivity contribution in [3.63, 3.8) is 0 Å². The molecule has 0 aliphatic carbocycles. The van der Waals surface area contributed by atoms with Gasteiger partial charge in [0.15, 0.2) is 0 Å². The summed E-state index contributed by atoms with van der Waals surface area (Å²) in [6.07, 6.45) is 1.45. The molecule has 4 heteroatoms. The van der Waals surface area contributed by atoms with Gasteiger partial charge in [-0.1, -0.05) is 32.9 Å². The average Bonchev–Trinajstić information content (AvgIpc) is 2.44. The van der Waals surface area contributed by atoms with E-state index in [-0.39, 0.29) is 17.9 Å². The smallest absolute Gasteiger partial charge is 0.251 e. The first-order chi connectivity index (χ1) is 9.92. The van der Waals surface area contributed by atoms with Crippen molar-refractivity contribution >= 4 is 11.8 Å². The molecule has 0 spiro atoms. The molecule has 2 N–H and O–H groups in total. The predicted octanol–water partition coefficient (Wildman–Crippen LogP) is 2.88. The van der Waals surface area contributed by atoms with E-state index in [4.69, 9.17) is 0 Å². The summed E-state index contributed by atoms with van der Waals surface area (Å²) in [6, 6.07) is 7.51. The summed E-state index contributed by atoms with van der Waals surface area (Å²) in [6.45, 7) is 8.55. The topological polar surface area (TPSA) is 58.2 Å². The number of hydrogen-bond donors (Lipinski definition) is 2. The normalized spacial score (nSPS) is 12.0. The van der Waals surface area contributed by atoms with Gasteiger partial charge in [0.1, 0.15) is 0 Å². The standard InChI is InChI=1S/C17H26N2O2/c1-5-13(4)19-17(21)15-8-6-14(7-9-15)11-18-16(20)10-12(2)3/h6-9,12-13H,5,10-11H2,1-4H3,(H,18,20)(H,19,21)/t13-/m1/s1. The Morgan fingerprint density at radius 3 is 2.24 bits per heavy atom. The molecule has 1 aromatic rings. The highest BCUT2D eigenvalue weighted by Crippen LogP contribution is 2.06. The second-order valence-electron chi connectivity index (χ2n) is 5.85. The summed E-state index contributed by atoms with van der Waals surface area (Å²) in [5, 5.41) is 5.81. The van der Waals surface area contributed by atoms with Gasteiger partial charge in [-0.05, 0) is 37.0 Å². The van der Waals surface area contributed by atoms with Crippen molar-refractivity contribution in [2.75, 3.05) is 0 Å². The zero-order valence-corrected chi connectivity index (χ0v) is 13.4. The Balaban J connectivity index is 2.50. The molecule has 0 aliphatic heterocycles. The second-order valence-corrected chi connectivity index (χ2v) is 5.85. The summed E-state index contributed by atoms with van der Waals surface area (Å²) in [5.74, 6) is 0.361. The lowest BCUT2D eigenvalue weighted by Crippen LogP contribution is -2.31. The fraction of sp³-hybridized carbons (Fsp3) is 0.529. The van der Waals surface area contributed by atoms with E-state index < -0.39 is 0 Å². The Labute approximate surface area is 127 Å². The monoisotopic (exact) mass is 290 g/mol. The van der Waals surface area contributed by atoms with Crippen LogP contribution in [0.5, 0.6) is 0 Å². The summed E-state index contributed by atoms with van der Waals surface area (Å²) >= 11 is 0. The predicted molar refractivity (Wildman–Crippen MR) is 85.0 cm³/mol. The molecule has 0 bridgehead atoms. The summed E-state index contributed by atoms with van der Waals surface area (Å²) in [7, 11) is 0. The van der Waals surface area contributed by atoms with Gasteiger partial charge in [-0.15, -0.1) is 0 Å². The Morgan fingerprint density at radius 1 is 1.10 bits per heavy atom. The number of nitrogens with one attached hydrogen (secondary N) is 2. The third-order valence-electron chi connectivity index (χ3n) is 3.29. The molecular formula is C17H26N2O2. The van der Waals surface area contributed by atoms with Crippen molar-refractivity contribution in [1.29, 1.82) is 0 Å². The molecule has 0 unspecified atom stereocenters. The Hall–Kier alpha value is -1.84. The number of carbonyl (C=O) groups is 2. The number of rotatable bonds is 7. The SMILES string of the molecule is CC[C@@H](C)NC(=O)c1ccc(CNC(=O)CC(C)C)cc1. The molecule has 21 heavy (non-hydrogen) atoms. The number of benzene rings is 1. The van der Waals surface area contributed by atoms with E-state index in [9.17, 15) is 9.59 Å². The largest absolute Gasteiger partial charge is 0.352 e. The van der Waals surface area contributed by atoms with Gasteiger partial charge in [-0.2, -0.15) is 0 Å². The van der Waals surface area contributed by atoms with E-state index in [1.165, 1.54) is 0 Å². The molecule has 0 radical (unpaired) electrons. The molecule has 0 aromatic heterocycles. The molecule has 0 aliphatic rings. The van der Waals surface area contributed by atoms with Gasteiger partial charge < -0.3 is 10.6 Å². The zero-order valence-electron chi connectivity index (χ0n) is 13.4. The van der Waals surface area contributed by atoms with E-state index in [2.05, 4.69) is 10.6 Å². The molecule has 0 saturated carbocycles. The van der Waals surface area contributed by atoms with Crippen LogP contribution < -0.4 is 10.6 Å². The van der Waals surface area contributed by atoms with Crippen LogP contribution in [0.4, 0.5) is 0 Å². The van der Waals surface area contributed by atoms with Gasteiger partial charge in [-0.25, -0.2) is 0 Å². The first-order valence-electron chi connectivity index (χ1n) is 7.58. The van der Waals surface area contributed by atoms with Crippen molar-refractivity contribution in [3.05, 3.63) is 35.4 Å². The van der Waals surface area contributed by atoms with E-state index >= 15 is 0 Å². The molecule has 4 nitrogen and oxygen atoms in total. The van der Waals surface area contributed by atoms with Crippen LogP contribution in [0.2, 0.25) is 0 Å². The van der Waals surface area contributed by atoms with E-state index in [0.29, 0.717) is 24.4 Å². The van der Waals surface area contributed by atoms with Crippen LogP contribution in [0, 0.1) is 5.92 Å². The van der Waals surface area contributed by atoms with Crippen molar-refractivity contribution in [2.45, 2.75) is 53.1 Å². The van der Waals surface area contributed by atoms with Gasteiger partial charge >= 0.3 is 0 Å². The summed E-state index contributed by atoms with van der Waals surface area (Å²) < 4.78 is 0. The van der Waals surface area contributed by atoms with Crippen LogP contribution >= 0.6 is 0 Å². The molecular weight excluding hydrogens is 264 g/mol. The van der Waals surface area contributed by atoms with Crippen LogP contribution in [0.25, 0.3) is 0 Å². The number of hydrogen-bond acceptors (Lipinski definition) is 2.